The molecule has 4 nitrogen and oxygen atoms in total. The molecule has 0 radical (unpaired) electrons. The Balaban J connectivity index is 2.75. The zero-order chi connectivity index (χ0) is 12.8. The van der Waals surface area contributed by atoms with Crippen molar-refractivity contribution in [1.82, 2.24) is 4.98 Å². The van der Waals surface area contributed by atoms with Gasteiger partial charge in [-0.05, 0) is 13.0 Å². The van der Waals surface area contributed by atoms with Gasteiger partial charge in [0.15, 0.2) is 0 Å². The summed E-state index contributed by atoms with van der Waals surface area (Å²) < 4.78 is 4.59. The minimum atomic E-state index is -0.256. The minimum absolute atomic E-state index is 0.256. The van der Waals surface area contributed by atoms with E-state index in [1.165, 1.54) is 13.3 Å². The molecule has 0 aliphatic carbocycles. The summed E-state index contributed by atoms with van der Waals surface area (Å²) in [7, 11) is 1.37. The Morgan fingerprint density at radius 2 is 2.24 bits per heavy atom. The average molecular weight is 277 g/mol. The molecule has 0 saturated carbocycles. The number of rotatable bonds is 5. The quantitative estimate of drug-likeness (QED) is 0.776. The van der Waals surface area contributed by atoms with E-state index in [9.17, 15) is 4.79 Å². The summed E-state index contributed by atoms with van der Waals surface area (Å²) in [5.74, 6) is 0.371. The number of carbonyl (C=O) groups excluding carboxylic acids is 1. The Bertz CT molecular complexity index is 399. The second kappa shape index (κ2) is 6.67. The van der Waals surface area contributed by atoms with Crippen molar-refractivity contribution >= 4 is 35.0 Å². The van der Waals surface area contributed by atoms with Crippen molar-refractivity contribution in [3.63, 3.8) is 0 Å². The summed E-state index contributed by atoms with van der Waals surface area (Å²) in [4.78, 5) is 17.1. The number of nitrogens with zero attached hydrogens (tertiary/aromatic N) is 2. The van der Waals surface area contributed by atoms with Gasteiger partial charge in [0.1, 0.15) is 5.82 Å². The SMILES string of the molecule is CCN(CCC(=O)OC)c1ncc(Cl)cc1Cl. The topological polar surface area (TPSA) is 42.4 Å². The van der Waals surface area contributed by atoms with Gasteiger partial charge in [0.05, 0.1) is 23.6 Å². The first-order chi connectivity index (χ1) is 8.08. The van der Waals surface area contributed by atoms with Crippen LogP contribution >= 0.6 is 23.2 Å². The monoisotopic (exact) mass is 276 g/mol. The summed E-state index contributed by atoms with van der Waals surface area (Å²) in [6.45, 7) is 3.17. The molecule has 1 rings (SSSR count). The van der Waals surface area contributed by atoms with Gasteiger partial charge in [-0.1, -0.05) is 23.2 Å². The fraction of sp³-hybridized carbons (Fsp3) is 0.455. The predicted molar refractivity (Wildman–Crippen MR) is 68.8 cm³/mol. The van der Waals surface area contributed by atoms with E-state index in [-0.39, 0.29) is 5.97 Å². The molecule has 0 amide bonds. The van der Waals surface area contributed by atoms with E-state index >= 15 is 0 Å². The lowest BCUT2D eigenvalue weighted by molar-refractivity contribution is -0.140. The number of hydrogen-bond donors (Lipinski definition) is 0. The van der Waals surface area contributed by atoms with Gasteiger partial charge < -0.3 is 9.64 Å². The van der Waals surface area contributed by atoms with Gasteiger partial charge in [0.25, 0.3) is 0 Å². The third-order valence-electron chi connectivity index (χ3n) is 2.28. The lowest BCUT2D eigenvalue weighted by atomic mass is 10.3. The minimum Gasteiger partial charge on any atom is -0.469 e. The lowest BCUT2D eigenvalue weighted by Crippen LogP contribution is -2.27. The highest BCUT2D eigenvalue weighted by atomic mass is 35.5. The largest absolute Gasteiger partial charge is 0.469 e. The van der Waals surface area contributed by atoms with Crippen molar-refractivity contribution < 1.29 is 9.53 Å². The van der Waals surface area contributed by atoms with Gasteiger partial charge in [0, 0.05) is 19.3 Å². The van der Waals surface area contributed by atoms with E-state index in [1.807, 2.05) is 11.8 Å². The van der Waals surface area contributed by atoms with Gasteiger partial charge in [0.2, 0.25) is 0 Å². The van der Waals surface area contributed by atoms with Crippen molar-refractivity contribution in [2.45, 2.75) is 13.3 Å². The average Bonchev–Trinajstić information content (AvgIpc) is 2.31. The number of hydrogen-bond acceptors (Lipinski definition) is 4. The maximum absolute atomic E-state index is 11.1. The van der Waals surface area contributed by atoms with Gasteiger partial charge in [-0.2, -0.15) is 0 Å². The number of aromatic nitrogens is 1. The van der Waals surface area contributed by atoms with E-state index in [0.717, 1.165) is 0 Å². The smallest absolute Gasteiger partial charge is 0.307 e. The Kier molecular flexibility index (Phi) is 5.51. The fourth-order valence-corrected chi connectivity index (χ4v) is 1.88. The number of ether oxygens (including phenoxy) is 1. The third-order valence-corrected chi connectivity index (χ3v) is 2.77. The molecule has 0 saturated heterocycles. The summed E-state index contributed by atoms with van der Waals surface area (Å²) in [5, 5.41) is 0.965. The highest BCUT2D eigenvalue weighted by Crippen LogP contribution is 2.25. The van der Waals surface area contributed by atoms with Crippen LogP contribution in [0.4, 0.5) is 5.82 Å². The van der Waals surface area contributed by atoms with Crippen LogP contribution in [0.25, 0.3) is 0 Å². The Morgan fingerprint density at radius 1 is 1.53 bits per heavy atom. The molecule has 0 atom stereocenters. The van der Waals surface area contributed by atoms with Crippen molar-refractivity contribution in [2.75, 3.05) is 25.1 Å². The third kappa shape index (κ3) is 4.06. The van der Waals surface area contributed by atoms with E-state index in [4.69, 9.17) is 23.2 Å². The van der Waals surface area contributed by atoms with Crippen molar-refractivity contribution in [2.24, 2.45) is 0 Å². The van der Waals surface area contributed by atoms with Crippen molar-refractivity contribution in [3.05, 3.63) is 22.3 Å². The number of methoxy groups -OCH3 is 1. The van der Waals surface area contributed by atoms with Gasteiger partial charge in [-0.3, -0.25) is 4.79 Å². The van der Waals surface area contributed by atoms with E-state index in [0.29, 0.717) is 35.4 Å². The Hall–Kier alpha value is -1.000. The van der Waals surface area contributed by atoms with Crippen LogP contribution in [0, 0.1) is 0 Å². The maximum atomic E-state index is 11.1. The predicted octanol–water partition coefficient (Wildman–Crippen LogP) is 2.78. The first-order valence-corrected chi connectivity index (χ1v) is 5.96. The van der Waals surface area contributed by atoms with Gasteiger partial charge in [-0.25, -0.2) is 4.98 Å². The first-order valence-electron chi connectivity index (χ1n) is 5.21. The maximum Gasteiger partial charge on any atom is 0.307 e. The molecule has 0 N–H and O–H groups in total. The van der Waals surface area contributed by atoms with Crippen LogP contribution in [0.5, 0.6) is 0 Å². The molecule has 1 aromatic rings. The Labute approximate surface area is 110 Å². The number of halogens is 2. The number of carbonyl (C=O) groups is 1. The highest BCUT2D eigenvalue weighted by molar-refractivity contribution is 6.36. The molecule has 1 aromatic heterocycles. The molecule has 0 aromatic carbocycles. The molecule has 0 aliphatic rings. The first kappa shape index (κ1) is 14.1. The Morgan fingerprint density at radius 3 is 2.76 bits per heavy atom. The highest BCUT2D eigenvalue weighted by Gasteiger charge is 2.12. The van der Waals surface area contributed by atoms with E-state index < -0.39 is 0 Å². The molecule has 17 heavy (non-hydrogen) atoms. The molecular formula is C11H14Cl2N2O2. The van der Waals surface area contributed by atoms with Crippen LogP contribution in [0.1, 0.15) is 13.3 Å². The molecule has 0 fully saturated rings. The molecule has 0 spiro atoms. The van der Waals surface area contributed by atoms with Crippen LogP contribution in [-0.2, 0) is 9.53 Å². The molecule has 0 unspecified atom stereocenters. The molecule has 6 heteroatoms. The summed E-state index contributed by atoms with van der Waals surface area (Å²) in [5.41, 5.74) is 0. The van der Waals surface area contributed by atoms with E-state index in [2.05, 4.69) is 9.72 Å². The second-order valence-electron chi connectivity index (χ2n) is 3.36. The lowest BCUT2D eigenvalue weighted by Gasteiger charge is -2.22. The van der Waals surface area contributed by atoms with Crippen molar-refractivity contribution in [1.29, 1.82) is 0 Å². The van der Waals surface area contributed by atoms with Crippen molar-refractivity contribution in [3.8, 4) is 0 Å². The zero-order valence-electron chi connectivity index (χ0n) is 9.74. The van der Waals surface area contributed by atoms with Crippen LogP contribution in [-0.4, -0.2) is 31.2 Å². The molecule has 1 heterocycles. The number of esters is 1. The fourth-order valence-electron chi connectivity index (χ4n) is 1.38. The summed E-state index contributed by atoms with van der Waals surface area (Å²) in [6.07, 6.45) is 1.83. The van der Waals surface area contributed by atoms with Crippen LogP contribution < -0.4 is 4.90 Å². The van der Waals surface area contributed by atoms with E-state index in [1.54, 1.807) is 6.07 Å². The molecule has 0 bridgehead atoms. The molecule has 0 aliphatic heterocycles. The van der Waals surface area contributed by atoms with Crippen LogP contribution in [0.2, 0.25) is 10.0 Å². The van der Waals surface area contributed by atoms with Gasteiger partial charge >= 0.3 is 5.97 Å². The van der Waals surface area contributed by atoms with Crippen LogP contribution in [0.15, 0.2) is 12.3 Å². The number of anilines is 1. The number of pyridine rings is 1. The summed E-state index contributed by atoms with van der Waals surface area (Å²) >= 11 is 11.8. The summed E-state index contributed by atoms with van der Waals surface area (Å²) in [6, 6.07) is 1.63. The molecule has 94 valence electrons. The second-order valence-corrected chi connectivity index (χ2v) is 4.21. The molecular weight excluding hydrogens is 263 g/mol. The van der Waals surface area contributed by atoms with Crippen LogP contribution in [0.3, 0.4) is 0 Å². The standard InChI is InChI=1S/C11H14Cl2N2O2/c1-3-15(5-4-10(16)17-2)11-9(13)6-8(12)7-14-11/h6-7H,3-5H2,1-2H3. The van der Waals surface area contributed by atoms with Gasteiger partial charge in [-0.15, -0.1) is 0 Å². The normalized spacial score (nSPS) is 10.1. The zero-order valence-corrected chi connectivity index (χ0v) is 11.3.